The molecule has 0 bridgehead atoms. The zero-order valence-corrected chi connectivity index (χ0v) is 18.5. The van der Waals surface area contributed by atoms with E-state index in [9.17, 15) is 9.59 Å². The number of carbonyl (C=O) groups excluding carboxylic acids is 1. The molecule has 30 heavy (non-hydrogen) atoms. The van der Waals surface area contributed by atoms with Gasteiger partial charge in [-0.25, -0.2) is 4.98 Å². The van der Waals surface area contributed by atoms with Crippen molar-refractivity contribution in [3.05, 3.63) is 50.4 Å². The average molecular weight is 412 g/mol. The molecule has 3 heterocycles. The highest BCUT2D eigenvalue weighted by molar-refractivity contribution is 5.90. The van der Waals surface area contributed by atoms with Crippen LogP contribution in [0.4, 0.5) is 5.82 Å². The zero-order valence-electron chi connectivity index (χ0n) is 18.5. The summed E-state index contributed by atoms with van der Waals surface area (Å²) in [4.78, 5) is 32.1. The van der Waals surface area contributed by atoms with E-state index in [1.165, 1.54) is 4.68 Å². The quantitative estimate of drug-likeness (QED) is 0.665. The van der Waals surface area contributed by atoms with Gasteiger partial charge in [0, 0.05) is 34.7 Å². The predicted octanol–water partition coefficient (Wildman–Crippen LogP) is 3.05. The number of carbonyl (C=O) groups is 1. The molecule has 9 heteroatoms. The molecule has 0 fully saturated rings. The van der Waals surface area contributed by atoms with Crippen LogP contribution in [-0.4, -0.2) is 30.8 Å². The van der Waals surface area contributed by atoms with Gasteiger partial charge in [0.2, 0.25) is 11.9 Å². The van der Waals surface area contributed by atoms with Crippen molar-refractivity contribution >= 4 is 11.7 Å². The van der Waals surface area contributed by atoms with Crippen molar-refractivity contribution in [3.63, 3.8) is 0 Å². The first-order valence-electron chi connectivity index (χ1n) is 9.87. The first-order chi connectivity index (χ1) is 14.0. The fourth-order valence-corrected chi connectivity index (χ4v) is 3.03. The van der Waals surface area contributed by atoms with Crippen molar-refractivity contribution in [3.8, 4) is 5.95 Å². The third kappa shape index (κ3) is 4.34. The highest BCUT2D eigenvalue weighted by Crippen LogP contribution is 2.25. The molecule has 2 N–H and O–H groups in total. The highest BCUT2D eigenvalue weighted by Gasteiger charge is 2.23. The molecular weight excluding hydrogens is 384 g/mol. The lowest BCUT2D eigenvalue weighted by atomic mass is 9.92. The van der Waals surface area contributed by atoms with Gasteiger partial charge in [0.1, 0.15) is 11.6 Å². The standard InChI is InChI=1S/C21H28N6O3/c1-11-12(2)22-20(24-19(11)29)27-17(10-16(25-27)21(5,6)7)23-18(28)9-8-15-13(3)26-30-14(15)4/h10H,8-9H2,1-7H3,(H,23,28)(H,22,24,29). The van der Waals surface area contributed by atoms with Crippen LogP contribution in [0.25, 0.3) is 5.95 Å². The zero-order chi connectivity index (χ0) is 22.2. The topological polar surface area (TPSA) is 119 Å². The lowest BCUT2D eigenvalue weighted by Gasteiger charge is -2.14. The van der Waals surface area contributed by atoms with Crippen molar-refractivity contribution in [2.75, 3.05) is 5.32 Å². The van der Waals surface area contributed by atoms with E-state index in [1.54, 1.807) is 13.8 Å². The monoisotopic (exact) mass is 412 g/mol. The van der Waals surface area contributed by atoms with Gasteiger partial charge in [0.05, 0.1) is 11.4 Å². The molecular formula is C21H28N6O3. The summed E-state index contributed by atoms with van der Waals surface area (Å²) in [6.07, 6.45) is 0.780. The summed E-state index contributed by atoms with van der Waals surface area (Å²) in [5.41, 5.74) is 3.17. The van der Waals surface area contributed by atoms with Crippen LogP contribution < -0.4 is 10.9 Å². The van der Waals surface area contributed by atoms with E-state index in [2.05, 4.69) is 25.5 Å². The Morgan fingerprint density at radius 1 is 1.20 bits per heavy atom. The maximum Gasteiger partial charge on any atom is 0.255 e. The second-order valence-corrected chi connectivity index (χ2v) is 8.53. The van der Waals surface area contributed by atoms with Crippen LogP contribution in [-0.2, 0) is 16.6 Å². The van der Waals surface area contributed by atoms with Gasteiger partial charge in [-0.3, -0.25) is 14.6 Å². The summed E-state index contributed by atoms with van der Waals surface area (Å²) < 4.78 is 6.63. The molecule has 0 aliphatic carbocycles. The second-order valence-electron chi connectivity index (χ2n) is 8.53. The fourth-order valence-electron chi connectivity index (χ4n) is 3.03. The Morgan fingerprint density at radius 3 is 2.47 bits per heavy atom. The maximum absolute atomic E-state index is 12.7. The van der Waals surface area contributed by atoms with Crippen molar-refractivity contribution in [2.24, 2.45) is 0 Å². The van der Waals surface area contributed by atoms with Crippen molar-refractivity contribution in [2.45, 2.75) is 66.7 Å². The molecule has 160 valence electrons. The number of amides is 1. The van der Waals surface area contributed by atoms with Crippen molar-refractivity contribution in [1.82, 2.24) is 24.9 Å². The Hall–Kier alpha value is -3.23. The van der Waals surface area contributed by atoms with E-state index in [1.807, 2.05) is 40.7 Å². The van der Waals surface area contributed by atoms with Gasteiger partial charge in [0.25, 0.3) is 5.56 Å². The normalized spacial score (nSPS) is 11.7. The minimum atomic E-state index is -0.249. The minimum absolute atomic E-state index is 0.178. The lowest BCUT2D eigenvalue weighted by Crippen LogP contribution is -2.21. The molecule has 9 nitrogen and oxygen atoms in total. The van der Waals surface area contributed by atoms with Crippen LogP contribution in [0.5, 0.6) is 0 Å². The summed E-state index contributed by atoms with van der Waals surface area (Å²) in [6.45, 7) is 13.3. The summed E-state index contributed by atoms with van der Waals surface area (Å²) in [7, 11) is 0. The van der Waals surface area contributed by atoms with Crippen LogP contribution in [0.3, 0.4) is 0 Å². The van der Waals surface area contributed by atoms with Gasteiger partial charge in [-0.1, -0.05) is 25.9 Å². The third-order valence-corrected chi connectivity index (χ3v) is 5.11. The van der Waals surface area contributed by atoms with Crippen molar-refractivity contribution < 1.29 is 9.32 Å². The molecule has 0 saturated carbocycles. The molecule has 3 rings (SSSR count). The number of nitrogens with zero attached hydrogens (tertiary/aromatic N) is 4. The van der Waals surface area contributed by atoms with E-state index in [0.29, 0.717) is 23.5 Å². The Labute approximate surface area is 174 Å². The van der Waals surface area contributed by atoms with Crippen molar-refractivity contribution in [1.29, 1.82) is 0 Å². The predicted molar refractivity (Wildman–Crippen MR) is 113 cm³/mol. The first-order valence-corrected chi connectivity index (χ1v) is 9.87. The number of nitrogens with one attached hydrogen (secondary N) is 2. The summed E-state index contributed by atoms with van der Waals surface area (Å²) in [5.74, 6) is 1.26. The fraction of sp³-hybridized carbons (Fsp3) is 0.476. The number of hydrogen-bond donors (Lipinski definition) is 2. The number of anilines is 1. The van der Waals surface area contributed by atoms with Gasteiger partial charge >= 0.3 is 0 Å². The molecule has 3 aromatic heterocycles. The molecule has 0 unspecified atom stereocenters. The summed E-state index contributed by atoms with van der Waals surface area (Å²) in [5, 5.41) is 11.4. The molecule has 3 aromatic rings. The van der Waals surface area contributed by atoms with Gasteiger partial charge < -0.3 is 9.84 Å². The van der Waals surface area contributed by atoms with Crippen LogP contribution >= 0.6 is 0 Å². The first kappa shape index (κ1) is 21.5. The smallest absolute Gasteiger partial charge is 0.255 e. The number of aromatic nitrogens is 5. The minimum Gasteiger partial charge on any atom is -0.361 e. The van der Waals surface area contributed by atoms with Gasteiger partial charge in [-0.05, 0) is 34.1 Å². The summed E-state index contributed by atoms with van der Waals surface area (Å²) >= 11 is 0. The molecule has 0 aliphatic rings. The highest BCUT2D eigenvalue weighted by atomic mass is 16.5. The van der Waals surface area contributed by atoms with E-state index in [4.69, 9.17) is 4.52 Å². The Bertz CT molecular complexity index is 1130. The Morgan fingerprint density at radius 2 is 1.90 bits per heavy atom. The lowest BCUT2D eigenvalue weighted by molar-refractivity contribution is -0.116. The van der Waals surface area contributed by atoms with Crippen LogP contribution in [0, 0.1) is 27.7 Å². The molecule has 0 spiro atoms. The SMILES string of the molecule is Cc1noc(C)c1CCC(=O)Nc1cc(C(C)(C)C)nn1-c1nc(C)c(C)c(=O)[nH]1. The van der Waals surface area contributed by atoms with E-state index in [-0.39, 0.29) is 29.3 Å². The third-order valence-electron chi connectivity index (χ3n) is 5.11. The molecule has 0 aromatic carbocycles. The van der Waals surface area contributed by atoms with Gasteiger partial charge in [0.15, 0.2) is 0 Å². The number of aryl methyl sites for hydroxylation is 3. The number of aromatic amines is 1. The molecule has 0 atom stereocenters. The van der Waals surface area contributed by atoms with Crippen LogP contribution in [0.15, 0.2) is 15.4 Å². The van der Waals surface area contributed by atoms with Gasteiger partial charge in [-0.15, -0.1) is 0 Å². The van der Waals surface area contributed by atoms with E-state index >= 15 is 0 Å². The van der Waals surface area contributed by atoms with Crippen LogP contribution in [0.1, 0.15) is 61.2 Å². The molecule has 0 aliphatic heterocycles. The molecule has 0 saturated heterocycles. The van der Waals surface area contributed by atoms with Crippen LogP contribution in [0.2, 0.25) is 0 Å². The second kappa shape index (κ2) is 7.89. The van der Waals surface area contributed by atoms with Gasteiger partial charge in [-0.2, -0.15) is 9.78 Å². The number of rotatable bonds is 5. The maximum atomic E-state index is 12.7. The largest absolute Gasteiger partial charge is 0.361 e. The Balaban J connectivity index is 1.91. The molecule has 0 radical (unpaired) electrons. The summed E-state index contributed by atoms with van der Waals surface area (Å²) in [6, 6.07) is 1.81. The number of hydrogen-bond acceptors (Lipinski definition) is 6. The van der Waals surface area contributed by atoms with E-state index in [0.717, 1.165) is 22.7 Å². The number of H-pyrrole nitrogens is 1. The molecule has 1 amide bonds. The average Bonchev–Trinajstić information content (AvgIpc) is 3.21. The Kier molecular flexibility index (Phi) is 5.65. The van der Waals surface area contributed by atoms with E-state index < -0.39 is 0 Å².